The zero-order chi connectivity index (χ0) is 12.3. The van der Waals surface area contributed by atoms with Crippen LogP contribution >= 0.6 is 11.3 Å². The highest BCUT2D eigenvalue weighted by Gasteiger charge is 2.22. The predicted octanol–water partition coefficient (Wildman–Crippen LogP) is 2.38. The second kappa shape index (κ2) is 5.65. The van der Waals surface area contributed by atoms with Crippen molar-refractivity contribution in [1.29, 1.82) is 0 Å². The Kier molecular flexibility index (Phi) is 4.18. The summed E-state index contributed by atoms with van der Waals surface area (Å²) in [5.41, 5.74) is 0. The van der Waals surface area contributed by atoms with Gasteiger partial charge in [0.1, 0.15) is 0 Å². The molecule has 2 N–H and O–H groups in total. The number of piperidine rings is 1. The maximum Gasteiger partial charge on any atom is 0.237 e. The monoisotopic (exact) mass is 252 g/mol. The van der Waals surface area contributed by atoms with Crippen LogP contribution in [0.3, 0.4) is 0 Å². The van der Waals surface area contributed by atoms with Crippen LogP contribution in [0.5, 0.6) is 0 Å². The lowest BCUT2D eigenvalue weighted by Gasteiger charge is -2.24. The fourth-order valence-corrected chi connectivity index (χ4v) is 3.03. The quantitative estimate of drug-likeness (QED) is 0.867. The van der Waals surface area contributed by atoms with Gasteiger partial charge in [0.2, 0.25) is 5.91 Å². The molecule has 1 aromatic heterocycles. The van der Waals surface area contributed by atoms with Crippen molar-refractivity contribution in [2.45, 2.75) is 45.2 Å². The summed E-state index contributed by atoms with van der Waals surface area (Å²) in [6.45, 7) is 5.10. The number of amides is 1. The van der Waals surface area contributed by atoms with Gasteiger partial charge in [-0.2, -0.15) is 0 Å². The van der Waals surface area contributed by atoms with Gasteiger partial charge in [-0.25, -0.2) is 0 Å². The van der Waals surface area contributed by atoms with Crippen LogP contribution in [-0.4, -0.2) is 18.5 Å². The molecule has 0 aromatic carbocycles. The smallest absolute Gasteiger partial charge is 0.237 e. The number of aryl methyl sites for hydroxylation is 1. The summed E-state index contributed by atoms with van der Waals surface area (Å²) in [5.74, 6) is 0.142. The zero-order valence-electron chi connectivity index (χ0n) is 10.5. The van der Waals surface area contributed by atoms with Crippen molar-refractivity contribution in [3.63, 3.8) is 0 Å². The molecule has 2 atom stereocenters. The summed E-state index contributed by atoms with van der Waals surface area (Å²) in [4.78, 5) is 14.5. The average Bonchev–Trinajstić information content (AvgIpc) is 2.77. The molecule has 1 aromatic rings. The molecule has 0 bridgehead atoms. The first-order valence-corrected chi connectivity index (χ1v) is 7.08. The van der Waals surface area contributed by atoms with Crippen LogP contribution in [0.15, 0.2) is 12.1 Å². The third-order valence-electron chi connectivity index (χ3n) is 3.17. The summed E-state index contributed by atoms with van der Waals surface area (Å²) in [6, 6.07) is 4.32. The maximum absolute atomic E-state index is 12.0. The van der Waals surface area contributed by atoms with Gasteiger partial charge < -0.3 is 10.6 Å². The first kappa shape index (κ1) is 12.6. The van der Waals surface area contributed by atoms with Crippen molar-refractivity contribution >= 4 is 17.2 Å². The van der Waals surface area contributed by atoms with Crippen molar-refractivity contribution in [3.8, 4) is 0 Å². The number of hydrogen-bond donors (Lipinski definition) is 2. The SMILES string of the molecule is Cc1ccc(C(C)NC(=O)[C@H]2CCCCN2)s1. The van der Waals surface area contributed by atoms with Crippen LogP contribution < -0.4 is 10.6 Å². The molecule has 3 nitrogen and oxygen atoms in total. The molecular weight excluding hydrogens is 232 g/mol. The van der Waals surface area contributed by atoms with Crippen LogP contribution in [0.2, 0.25) is 0 Å². The van der Waals surface area contributed by atoms with Crippen molar-refractivity contribution < 1.29 is 4.79 Å². The van der Waals surface area contributed by atoms with E-state index in [2.05, 4.69) is 29.7 Å². The Morgan fingerprint density at radius 2 is 2.35 bits per heavy atom. The molecule has 4 heteroatoms. The van der Waals surface area contributed by atoms with Gasteiger partial charge in [0, 0.05) is 9.75 Å². The Morgan fingerprint density at radius 1 is 1.53 bits per heavy atom. The van der Waals surface area contributed by atoms with Crippen molar-refractivity contribution in [2.75, 3.05) is 6.54 Å². The van der Waals surface area contributed by atoms with E-state index < -0.39 is 0 Å². The third kappa shape index (κ3) is 3.30. The Morgan fingerprint density at radius 3 is 2.94 bits per heavy atom. The first-order chi connectivity index (χ1) is 8.16. The standard InChI is InChI=1S/C13H20N2OS/c1-9-6-7-12(17-9)10(2)15-13(16)11-5-3-4-8-14-11/h6-7,10-11,14H,3-5,8H2,1-2H3,(H,15,16)/t10?,11-/m1/s1. The molecule has 1 fully saturated rings. The molecule has 2 rings (SSSR count). The summed E-state index contributed by atoms with van der Waals surface area (Å²) >= 11 is 1.75. The van der Waals surface area contributed by atoms with Gasteiger partial charge in [0.05, 0.1) is 12.1 Å². The van der Waals surface area contributed by atoms with Gasteiger partial charge >= 0.3 is 0 Å². The third-order valence-corrected chi connectivity index (χ3v) is 4.36. The maximum atomic E-state index is 12.0. The van der Waals surface area contributed by atoms with E-state index in [0.717, 1.165) is 19.4 Å². The number of hydrogen-bond acceptors (Lipinski definition) is 3. The molecular formula is C13H20N2OS. The summed E-state index contributed by atoms with van der Waals surface area (Å²) in [5, 5.41) is 6.36. The van der Waals surface area contributed by atoms with E-state index in [0.29, 0.717) is 0 Å². The largest absolute Gasteiger partial charge is 0.347 e. The van der Waals surface area contributed by atoms with Crippen molar-refractivity contribution in [1.82, 2.24) is 10.6 Å². The Balaban J connectivity index is 1.89. The van der Waals surface area contributed by atoms with Crippen LogP contribution in [-0.2, 0) is 4.79 Å². The van der Waals surface area contributed by atoms with E-state index in [-0.39, 0.29) is 18.0 Å². The minimum atomic E-state index is 0.00672. The molecule has 1 aliphatic heterocycles. The van der Waals surface area contributed by atoms with Gasteiger partial charge in [-0.1, -0.05) is 6.42 Å². The van der Waals surface area contributed by atoms with E-state index in [4.69, 9.17) is 0 Å². The molecule has 1 unspecified atom stereocenters. The fourth-order valence-electron chi connectivity index (χ4n) is 2.15. The second-order valence-corrected chi connectivity index (χ2v) is 6.00. The molecule has 2 heterocycles. The number of carbonyl (C=O) groups excluding carboxylic acids is 1. The molecule has 1 amide bonds. The minimum Gasteiger partial charge on any atom is -0.347 e. The van der Waals surface area contributed by atoms with E-state index in [1.165, 1.54) is 16.2 Å². The lowest BCUT2D eigenvalue weighted by atomic mass is 10.0. The molecule has 0 aliphatic carbocycles. The van der Waals surface area contributed by atoms with Crippen LogP contribution in [0.25, 0.3) is 0 Å². The number of carbonyl (C=O) groups is 1. The van der Waals surface area contributed by atoms with Crippen molar-refractivity contribution in [2.24, 2.45) is 0 Å². The Labute approximate surface area is 107 Å². The lowest BCUT2D eigenvalue weighted by Crippen LogP contribution is -2.47. The second-order valence-electron chi connectivity index (χ2n) is 4.68. The van der Waals surface area contributed by atoms with E-state index in [1.54, 1.807) is 11.3 Å². The Hall–Kier alpha value is -0.870. The molecule has 94 valence electrons. The van der Waals surface area contributed by atoms with Gasteiger partial charge in [-0.15, -0.1) is 11.3 Å². The molecule has 0 spiro atoms. The molecule has 1 aliphatic rings. The van der Waals surface area contributed by atoms with E-state index >= 15 is 0 Å². The van der Waals surface area contributed by atoms with Crippen LogP contribution in [0.1, 0.15) is 42.0 Å². The highest BCUT2D eigenvalue weighted by Crippen LogP contribution is 2.22. The van der Waals surface area contributed by atoms with Crippen LogP contribution in [0.4, 0.5) is 0 Å². The summed E-state index contributed by atoms with van der Waals surface area (Å²) < 4.78 is 0. The van der Waals surface area contributed by atoms with E-state index in [9.17, 15) is 4.79 Å². The van der Waals surface area contributed by atoms with Gasteiger partial charge in [0.25, 0.3) is 0 Å². The molecule has 0 radical (unpaired) electrons. The summed E-state index contributed by atoms with van der Waals surface area (Å²) in [6.07, 6.45) is 3.29. The van der Waals surface area contributed by atoms with E-state index in [1.807, 2.05) is 6.92 Å². The number of thiophene rings is 1. The van der Waals surface area contributed by atoms with Gasteiger partial charge in [0.15, 0.2) is 0 Å². The number of nitrogens with one attached hydrogen (secondary N) is 2. The fraction of sp³-hybridized carbons (Fsp3) is 0.615. The lowest BCUT2D eigenvalue weighted by molar-refractivity contribution is -0.124. The topological polar surface area (TPSA) is 41.1 Å². The molecule has 17 heavy (non-hydrogen) atoms. The minimum absolute atomic E-state index is 0.00672. The van der Waals surface area contributed by atoms with Gasteiger partial charge in [-0.05, 0) is 45.4 Å². The van der Waals surface area contributed by atoms with Gasteiger partial charge in [-0.3, -0.25) is 4.79 Å². The highest BCUT2D eigenvalue weighted by atomic mass is 32.1. The number of rotatable bonds is 3. The zero-order valence-corrected chi connectivity index (χ0v) is 11.3. The Bertz CT molecular complexity index is 383. The molecule has 1 saturated heterocycles. The first-order valence-electron chi connectivity index (χ1n) is 6.27. The summed E-state index contributed by atoms with van der Waals surface area (Å²) in [7, 11) is 0. The average molecular weight is 252 g/mol. The van der Waals surface area contributed by atoms with Crippen LogP contribution in [0, 0.1) is 6.92 Å². The van der Waals surface area contributed by atoms with Crippen molar-refractivity contribution in [3.05, 3.63) is 21.9 Å². The molecule has 0 saturated carbocycles. The predicted molar refractivity (Wildman–Crippen MR) is 71.3 cm³/mol. The normalized spacial score (nSPS) is 22.1. The highest BCUT2D eigenvalue weighted by molar-refractivity contribution is 7.12.